The van der Waals surface area contributed by atoms with E-state index in [1.54, 1.807) is 6.92 Å². The summed E-state index contributed by atoms with van der Waals surface area (Å²) in [5.41, 5.74) is -0.205. The van der Waals surface area contributed by atoms with E-state index in [-0.39, 0.29) is 25.6 Å². The standard InChI is InChI=1S/C14H24O7/c1-6-14(4,5)21-20-11(12(15)10(2)3)9-18-7-8-19-13(16)17/h11H,2,6-9H2,1,3-5H3,(H,16,17). The van der Waals surface area contributed by atoms with E-state index in [1.165, 1.54) is 0 Å². The van der Waals surface area contributed by atoms with Gasteiger partial charge in [-0.25, -0.2) is 14.6 Å². The zero-order valence-corrected chi connectivity index (χ0v) is 13.0. The molecule has 0 aromatic rings. The van der Waals surface area contributed by atoms with Crippen LogP contribution in [0.15, 0.2) is 12.2 Å². The Bertz CT molecular complexity index is 362. The van der Waals surface area contributed by atoms with E-state index in [2.05, 4.69) is 11.3 Å². The van der Waals surface area contributed by atoms with Crippen LogP contribution in [0.2, 0.25) is 0 Å². The molecule has 0 fully saturated rings. The minimum atomic E-state index is -1.38. The highest BCUT2D eigenvalue weighted by molar-refractivity contribution is 5.97. The number of ketones is 1. The average molecular weight is 304 g/mol. The summed E-state index contributed by atoms with van der Waals surface area (Å²) in [6, 6.07) is 0. The number of rotatable bonds is 11. The molecule has 0 aliphatic heterocycles. The van der Waals surface area contributed by atoms with Crippen molar-refractivity contribution in [2.45, 2.75) is 45.8 Å². The lowest BCUT2D eigenvalue weighted by molar-refractivity contribution is -0.373. The number of carboxylic acid groups (broad SMARTS) is 1. The molecule has 0 radical (unpaired) electrons. The Kier molecular flexibility index (Phi) is 8.84. The Morgan fingerprint density at radius 3 is 2.38 bits per heavy atom. The Morgan fingerprint density at radius 2 is 1.90 bits per heavy atom. The molecule has 7 nitrogen and oxygen atoms in total. The summed E-state index contributed by atoms with van der Waals surface area (Å²) in [5, 5.41) is 8.30. The molecule has 21 heavy (non-hydrogen) atoms. The first-order valence-corrected chi connectivity index (χ1v) is 6.67. The highest BCUT2D eigenvalue weighted by Gasteiger charge is 2.25. The molecule has 0 rings (SSSR count). The zero-order valence-electron chi connectivity index (χ0n) is 13.0. The molecule has 0 aromatic heterocycles. The van der Waals surface area contributed by atoms with Crippen LogP contribution in [0.3, 0.4) is 0 Å². The van der Waals surface area contributed by atoms with E-state index >= 15 is 0 Å². The van der Waals surface area contributed by atoms with Crippen molar-refractivity contribution in [3.63, 3.8) is 0 Å². The molecule has 0 aliphatic carbocycles. The summed E-state index contributed by atoms with van der Waals surface area (Å²) in [4.78, 5) is 32.5. The first-order chi connectivity index (χ1) is 9.69. The number of carbonyl (C=O) groups excluding carboxylic acids is 1. The molecule has 0 spiro atoms. The third-order valence-electron chi connectivity index (χ3n) is 2.68. The van der Waals surface area contributed by atoms with Gasteiger partial charge in [-0.2, -0.15) is 0 Å². The van der Waals surface area contributed by atoms with Crippen LogP contribution in [0.1, 0.15) is 34.1 Å². The molecule has 0 aliphatic rings. The van der Waals surface area contributed by atoms with Crippen molar-refractivity contribution >= 4 is 11.9 Å². The molecule has 1 atom stereocenters. The van der Waals surface area contributed by atoms with Gasteiger partial charge in [0.2, 0.25) is 0 Å². The maximum Gasteiger partial charge on any atom is 0.505 e. The van der Waals surface area contributed by atoms with Gasteiger partial charge in [-0.05, 0) is 32.8 Å². The Balaban J connectivity index is 4.31. The van der Waals surface area contributed by atoms with Gasteiger partial charge in [-0.1, -0.05) is 13.5 Å². The summed E-state index contributed by atoms with van der Waals surface area (Å²) in [6.07, 6.45) is -1.62. The molecular weight excluding hydrogens is 280 g/mol. The van der Waals surface area contributed by atoms with Crippen LogP contribution in [-0.2, 0) is 24.0 Å². The van der Waals surface area contributed by atoms with E-state index in [0.29, 0.717) is 12.0 Å². The van der Waals surface area contributed by atoms with Crippen molar-refractivity contribution in [1.29, 1.82) is 0 Å². The fourth-order valence-electron chi connectivity index (χ4n) is 1.05. The van der Waals surface area contributed by atoms with Crippen LogP contribution in [0.4, 0.5) is 4.79 Å². The van der Waals surface area contributed by atoms with Gasteiger partial charge >= 0.3 is 6.16 Å². The number of hydrogen-bond acceptors (Lipinski definition) is 6. The molecule has 0 aromatic carbocycles. The average Bonchev–Trinajstić information content (AvgIpc) is 2.40. The number of ether oxygens (including phenoxy) is 2. The van der Waals surface area contributed by atoms with Gasteiger partial charge in [0.25, 0.3) is 0 Å². The molecule has 0 bridgehead atoms. The predicted molar refractivity (Wildman–Crippen MR) is 74.9 cm³/mol. The van der Waals surface area contributed by atoms with Crippen LogP contribution >= 0.6 is 0 Å². The van der Waals surface area contributed by atoms with E-state index in [1.807, 2.05) is 20.8 Å². The van der Waals surface area contributed by atoms with Gasteiger partial charge in [0.15, 0.2) is 11.9 Å². The molecule has 0 saturated heterocycles. The lowest BCUT2D eigenvalue weighted by atomic mass is 10.1. The van der Waals surface area contributed by atoms with Crippen LogP contribution < -0.4 is 0 Å². The lowest BCUT2D eigenvalue weighted by Gasteiger charge is -2.25. The highest BCUT2D eigenvalue weighted by Crippen LogP contribution is 2.16. The quantitative estimate of drug-likeness (QED) is 0.206. The van der Waals surface area contributed by atoms with E-state index in [9.17, 15) is 9.59 Å². The Labute approximate surface area is 124 Å². The Hall–Kier alpha value is -1.44. The van der Waals surface area contributed by atoms with E-state index in [0.717, 1.165) is 0 Å². The molecule has 0 saturated carbocycles. The number of hydrogen-bond donors (Lipinski definition) is 1. The molecule has 7 heteroatoms. The van der Waals surface area contributed by atoms with Crippen molar-refractivity contribution in [2.75, 3.05) is 19.8 Å². The summed E-state index contributed by atoms with van der Waals surface area (Å²) in [6.45, 7) is 10.5. The fourth-order valence-corrected chi connectivity index (χ4v) is 1.05. The van der Waals surface area contributed by atoms with Crippen LogP contribution in [0, 0.1) is 0 Å². The van der Waals surface area contributed by atoms with Gasteiger partial charge in [0.05, 0.1) is 18.8 Å². The van der Waals surface area contributed by atoms with Crippen molar-refractivity contribution in [3.05, 3.63) is 12.2 Å². The normalized spacial score (nSPS) is 12.8. The lowest BCUT2D eigenvalue weighted by Crippen LogP contribution is -2.35. The van der Waals surface area contributed by atoms with Gasteiger partial charge in [-0.15, -0.1) is 0 Å². The minimum absolute atomic E-state index is 0.0206. The minimum Gasteiger partial charge on any atom is -0.450 e. The maximum atomic E-state index is 11.9. The maximum absolute atomic E-state index is 11.9. The van der Waals surface area contributed by atoms with Gasteiger partial charge in [-0.3, -0.25) is 4.79 Å². The predicted octanol–water partition coefficient (Wildman–Crippen LogP) is 2.35. The van der Waals surface area contributed by atoms with Crippen molar-refractivity contribution in [3.8, 4) is 0 Å². The third kappa shape index (κ3) is 9.17. The molecule has 1 N–H and O–H groups in total. The number of carbonyl (C=O) groups is 2. The van der Waals surface area contributed by atoms with Crippen LogP contribution in [0.25, 0.3) is 0 Å². The first kappa shape index (κ1) is 19.6. The summed E-state index contributed by atoms with van der Waals surface area (Å²) in [7, 11) is 0. The van der Waals surface area contributed by atoms with E-state index < -0.39 is 17.9 Å². The van der Waals surface area contributed by atoms with E-state index in [4.69, 9.17) is 19.6 Å². The zero-order chi connectivity index (χ0) is 16.5. The first-order valence-electron chi connectivity index (χ1n) is 6.67. The van der Waals surface area contributed by atoms with Crippen molar-refractivity contribution in [1.82, 2.24) is 0 Å². The number of Topliss-reactive ketones (excluding diaryl/α,β-unsaturated/α-hetero) is 1. The third-order valence-corrected chi connectivity index (χ3v) is 2.68. The molecule has 1 unspecified atom stereocenters. The highest BCUT2D eigenvalue weighted by atomic mass is 17.2. The van der Waals surface area contributed by atoms with Crippen LogP contribution in [0.5, 0.6) is 0 Å². The molecule has 0 heterocycles. The second kappa shape index (κ2) is 9.49. The van der Waals surface area contributed by atoms with Gasteiger partial charge < -0.3 is 14.6 Å². The SMILES string of the molecule is C=C(C)C(=O)C(COCCOC(=O)O)OOC(C)(C)CC. The largest absolute Gasteiger partial charge is 0.505 e. The molecule has 122 valence electrons. The second-order valence-corrected chi connectivity index (χ2v) is 5.12. The van der Waals surface area contributed by atoms with Crippen molar-refractivity contribution in [2.24, 2.45) is 0 Å². The fraction of sp³-hybridized carbons (Fsp3) is 0.714. The van der Waals surface area contributed by atoms with Gasteiger partial charge in [0.1, 0.15) is 6.61 Å². The van der Waals surface area contributed by atoms with Crippen LogP contribution in [-0.4, -0.2) is 48.6 Å². The van der Waals surface area contributed by atoms with Gasteiger partial charge in [0, 0.05) is 0 Å². The second-order valence-electron chi connectivity index (χ2n) is 5.12. The summed E-state index contributed by atoms with van der Waals surface area (Å²) in [5.74, 6) is -0.332. The van der Waals surface area contributed by atoms with Crippen molar-refractivity contribution < 1.29 is 33.9 Å². The molecule has 0 amide bonds. The molecular formula is C14H24O7. The smallest absolute Gasteiger partial charge is 0.450 e. The topological polar surface area (TPSA) is 91.3 Å². The summed E-state index contributed by atoms with van der Waals surface area (Å²) >= 11 is 0. The monoisotopic (exact) mass is 304 g/mol. The Morgan fingerprint density at radius 1 is 1.29 bits per heavy atom. The summed E-state index contributed by atoms with van der Waals surface area (Å²) < 4.78 is 9.44.